The Balaban J connectivity index is 1.59. The van der Waals surface area contributed by atoms with Crippen molar-refractivity contribution in [1.82, 2.24) is 15.2 Å². The van der Waals surface area contributed by atoms with Crippen molar-refractivity contribution < 1.29 is 4.79 Å². The number of hydrogen-bond acceptors (Lipinski definition) is 2. The first-order valence-corrected chi connectivity index (χ1v) is 9.72. The minimum atomic E-state index is 0.0132. The van der Waals surface area contributed by atoms with Crippen LogP contribution in [0.25, 0.3) is 11.3 Å². The summed E-state index contributed by atoms with van der Waals surface area (Å²) < 4.78 is 0. The molecule has 0 spiro atoms. The van der Waals surface area contributed by atoms with E-state index >= 15 is 0 Å². The van der Waals surface area contributed by atoms with E-state index in [1.807, 2.05) is 13.0 Å². The second-order valence-corrected chi connectivity index (χ2v) is 7.80. The van der Waals surface area contributed by atoms with Gasteiger partial charge in [-0.2, -0.15) is 0 Å². The van der Waals surface area contributed by atoms with Crippen molar-refractivity contribution >= 4 is 5.91 Å². The fourth-order valence-corrected chi connectivity index (χ4v) is 3.57. The Morgan fingerprint density at radius 2 is 1.88 bits per heavy atom. The molecular weight excluding hydrogens is 322 g/mol. The smallest absolute Gasteiger partial charge is 0.253 e. The molecule has 4 heteroatoms. The fourth-order valence-electron chi connectivity index (χ4n) is 3.57. The molecule has 1 fully saturated rings. The Bertz CT molecular complexity index is 770. The van der Waals surface area contributed by atoms with Crippen LogP contribution in [0, 0.1) is 26.7 Å². The summed E-state index contributed by atoms with van der Waals surface area (Å²) in [5.41, 5.74) is 6.32. The van der Waals surface area contributed by atoms with Gasteiger partial charge in [0.1, 0.15) is 0 Å². The molecular formula is C22H31N3O. The molecule has 0 unspecified atom stereocenters. The second-order valence-electron chi connectivity index (χ2n) is 7.80. The largest absolute Gasteiger partial charge is 0.358 e. The zero-order valence-corrected chi connectivity index (χ0v) is 16.5. The van der Waals surface area contributed by atoms with Crippen LogP contribution in [0.15, 0.2) is 24.3 Å². The third-order valence-corrected chi connectivity index (χ3v) is 5.67. The van der Waals surface area contributed by atoms with Gasteiger partial charge >= 0.3 is 0 Å². The maximum Gasteiger partial charge on any atom is 0.253 e. The number of amides is 1. The number of rotatable bonds is 5. The number of carbonyl (C=O) groups excluding carboxylic acids is 1. The van der Waals surface area contributed by atoms with E-state index in [9.17, 15) is 4.79 Å². The molecule has 1 amide bonds. The first-order valence-electron chi connectivity index (χ1n) is 9.72. The highest BCUT2D eigenvalue weighted by molar-refractivity contribution is 5.96. The quantitative estimate of drug-likeness (QED) is 0.851. The van der Waals surface area contributed by atoms with Crippen LogP contribution in [0.5, 0.6) is 0 Å². The first-order chi connectivity index (χ1) is 12.4. The number of nitrogens with zero attached hydrogens (tertiary/aromatic N) is 1. The average Bonchev–Trinajstić information content (AvgIpc) is 3.01. The maximum absolute atomic E-state index is 12.6. The van der Waals surface area contributed by atoms with Gasteiger partial charge in [-0.15, -0.1) is 0 Å². The van der Waals surface area contributed by atoms with Gasteiger partial charge in [0.25, 0.3) is 5.91 Å². The van der Waals surface area contributed by atoms with Crippen molar-refractivity contribution in [2.24, 2.45) is 5.92 Å². The minimum Gasteiger partial charge on any atom is -0.358 e. The Hall–Kier alpha value is -2.07. The van der Waals surface area contributed by atoms with Crippen LogP contribution in [0.2, 0.25) is 0 Å². The molecule has 3 rings (SSSR count). The minimum absolute atomic E-state index is 0.0132. The lowest BCUT2D eigenvalue weighted by Gasteiger charge is -2.30. The van der Waals surface area contributed by atoms with Crippen molar-refractivity contribution in [2.75, 3.05) is 26.2 Å². The number of carbonyl (C=O) groups is 1. The predicted molar refractivity (Wildman–Crippen MR) is 108 cm³/mol. The third kappa shape index (κ3) is 4.36. The van der Waals surface area contributed by atoms with E-state index in [4.69, 9.17) is 0 Å². The molecule has 2 N–H and O–H groups in total. The van der Waals surface area contributed by atoms with Crippen molar-refractivity contribution in [3.05, 3.63) is 46.6 Å². The topological polar surface area (TPSA) is 48.1 Å². The van der Waals surface area contributed by atoms with Gasteiger partial charge in [-0.25, -0.2) is 0 Å². The van der Waals surface area contributed by atoms with E-state index in [2.05, 4.69) is 54.2 Å². The highest BCUT2D eigenvalue weighted by atomic mass is 16.1. The number of H-pyrrole nitrogens is 1. The highest BCUT2D eigenvalue weighted by Crippen LogP contribution is 2.24. The number of nitrogens with one attached hydrogen (secondary N) is 2. The van der Waals surface area contributed by atoms with Crippen LogP contribution in [-0.4, -0.2) is 42.0 Å². The lowest BCUT2D eigenvalue weighted by atomic mass is 9.99. The predicted octanol–water partition coefficient (Wildman–Crippen LogP) is 4.07. The van der Waals surface area contributed by atoms with Gasteiger partial charge in [-0.1, -0.05) is 19.1 Å². The lowest BCUT2D eigenvalue weighted by molar-refractivity contribution is 0.0944. The molecule has 0 bridgehead atoms. The standard InChI is InChI=1S/C22H31N3O/c1-15-7-10-25(11-8-15)12-9-23-22(26)20-14-21(24-18(20)4)19-6-5-16(2)17(3)13-19/h5-6,13-15,24H,7-12H2,1-4H3,(H,23,26). The molecule has 1 aliphatic heterocycles. The molecule has 1 aliphatic rings. The van der Waals surface area contributed by atoms with Crippen molar-refractivity contribution in [2.45, 2.75) is 40.5 Å². The number of piperidine rings is 1. The van der Waals surface area contributed by atoms with Gasteiger partial charge in [-0.05, 0) is 81.4 Å². The number of benzene rings is 1. The van der Waals surface area contributed by atoms with Crippen molar-refractivity contribution in [1.29, 1.82) is 0 Å². The molecule has 140 valence electrons. The van der Waals surface area contributed by atoms with Crippen LogP contribution in [0.1, 0.15) is 46.9 Å². The first kappa shape index (κ1) is 18.7. The molecule has 0 saturated carbocycles. The number of aromatic nitrogens is 1. The Labute approximate surface area is 157 Å². The second kappa shape index (κ2) is 8.09. The van der Waals surface area contributed by atoms with Crippen LogP contribution in [0.3, 0.4) is 0 Å². The zero-order valence-electron chi connectivity index (χ0n) is 16.5. The molecule has 1 aromatic heterocycles. The molecule has 26 heavy (non-hydrogen) atoms. The Morgan fingerprint density at radius 3 is 2.58 bits per heavy atom. The van der Waals surface area contributed by atoms with Gasteiger partial charge in [0.2, 0.25) is 0 Å². The summed E-state index contributed by atoms with van der Waals surface area (Å²) in [5.74, 6) is 0.853. The summed E-state index contributed by atoms with van der Waals surface area (Å²) in [6, 6.07) is 8.36. The van der Waals surface area contributed by atoms with Crippen LogP contribution in [0.4, 0.5) is 0 Å². The molecule has 2 aromatic rings. The number of likely N-dealkylation sites (tertiary alicyclic amines) is 1. The maximum atomic E-state index is 12.6. The Kier molecular flexibility index (Phi) is 5.82. The van der Waals surface area contributed by atoms with Gasteiger partial charge in [-0.3, -0.25) is 4.79 Å². The van der Waals surface area contributed by atoms with E-state index in [-0.39, 0.29) is 5.91 Å². The van der Waals surface area contributed by atoms with Crippen LogP contribution >= 0.6 is 0 Å². The Morgan fingerprint density at radius 1 is 1.15 bits per heavy atom. The van der Waals surface area contributed by atoms with E-state index in [0.29, 0.717) is 6.54 Å². The molecule has 1 saturated heterocycles. The summed E-state index contributed by atoms with van der Waals surface area (Å²) in [6.45, 7) is 12.5. The third-order valence-electron chi connectivity index (χ3n) is 5.67. The van der Waals surface area contributed by atoms with E-state index in [0.717, 1.165) is 48.1 Å². The molecule has 0 aliphatic carbocycles. The lowest BCUT2D eigenvalue weighted by Crippen LogP contribution is -2.39. The summed E-state index contributed by atoms with van der Waals surface area (Å²) in [5, 5.41) is 3.08. The monoisotopic (exact) mass is 353 g/mol. The van der Waals surface area contributed by atoms with E-state index < -0.39 is 0 Å². The number of hydrogen-bond donors (Lipinski definition) is 2. The van der Waals surface area contributed by atoms with Gasteiger partial charge < -0.3 is 15.2 Å². The van der Waals surface area contributed by atoms with Gasteiger partial charge in [0.05, 0.1) is 5.56 Å². The summed E-state index contributed by atoms with van der Waals surface area (Å²) in [7, 11) is 0. The molecule has 4 nitrogen and oxygen atoms in total. The average molecular weight is 354 g/mol. The van der Waals surface area contributed by atoms with Crippen molar-refractivity contribution in [3.63, 3.8) is 0 Å². The molecule has 0 radical (unpaired) electrons. The number of aryl methyl sites for hydroxylation is 3. The van der Waals surface area contributed by atoms with E-state index in [1.165, 1.54) is 24.0 Å². The molecule has 0 atom stereocenters. The van der Waals surface area contributed by atoms with Gasteiger partial charge in [0.15, 0.2) is 0 Å². The van der Waals surface area contributed by atoms with Gasteiger partial charge in [0, 0.05) is 24.5 Å². The fraction of sp³-hybridized carbons (Fsp3) is 0.500. The normalized spacial score (nSPS) is 16.0. The van der Waals surface area contributed by atoms with E-state index in [1.54, 1.807) is 0 Å². The summed E-state index contributed by atoms with van der Waals surface area (Å²) >= 11 is 0. The highest BCUT2D eigenvalue weighted by Gasteiger charge is 2.17. The molecule has 1 aromatic carbocycles. The zero-order chi connectivity index (χ0) is 18.7. The summed E-state index contributed by atoms with van der Waals surface area (Å²) in [6.07, 6.45) is 2.54. The van der Waals surface area contributed by atoms with Crippen molar-refractivity contribution in [3.8, 4) is 11.3 Å². The van der Waals surface area contributed by atoms with Crippen LogP contribution < -0.4 is 5.32 Å². The number of aromatic amines is 1. The SMILES string of the molecule is Cc1ccc(-c2cc(C(=O)NCCN3CCC(C)CC3)c(C)[nH]2)cc1C. The molecule has 2 heterocycles. The summed E-state index contributed by atoms with van der Waals surface area (Å²) in [4.78, 5) is 18.4. The van der Waals surface area contributed by atoms with Crippen LogP contribution in [-0.2, 0) is 0 Å².